The van der Waals surface area contributed by atoms with Crippen LogP contribution in [0.3, 0.4) is 0 Å². The lowest BCUT2D eigenvalue weighted by atomic mass is 9.68. The second-order valence-corrected chi connectivity index (χ2v) is 4.72. The Morgan fingerprint density at radius 2 is 1.47 bits per heavy atom. The first-order valence-electron chi connectivity index (χ1n) is 6.42. The third-order valence-electron chi connectivity index (χ3n) is 3.58. The maximum Gasteiger partial charge on any atom is 0.193 e. The molecule has 0 saturated heterocycles. The standard InChI is InChI=1S/C17H11BN/c1-2-8-14-12(6-1)17-13(7-5-9-15(17)18-14)16-10-3-4-11-19-16/h1-11H. The average Bonchev–Trinajstić information content (AvgIpc) is 2.86. The first kappa shape index (κ1) is 10.6. The van der Waals surface area contributed by atoms with Gasteiger partial charge in [0.25, 0.3) is 0 Å². The second-order valence-electron chi connectivity index (χ2n) is 4.72. The van der Waals surface area contributed by atoms with Crippen molar-refractivity contribution in [3.05, 3.63) is 66.9 Å². The predicted molar refractivity (Wildman–Crippen MR) is 80.1 cm³/mol. The molecule has 1 nitrogen and oxygen atoms in total. The summed E-state index contributed by atoms with van der Waals surface area (Å²) >= 11 is 0. The summed E-state index contributed by atoms with van der Waals surface area (Å²) in [5, 5.41) is 0. The highest BCUT2D eigenvalue weighted by Gasteiger charge is 2.22. The summed E-state index contributed by atoms with van der Waals surface area (Å²) in [7, 11) is 2.25. The second kappa shape index (κ2) is 4.09. The molecule has 0 spiro atoms. The minimum atomic E-state index is 1.03. The van der Waals surface area contributed by atoms with E-state index >= 15 is 0 Å². The average molecular weight is 240 g/mol. The van der Waals surface area contributed by atoms with E-state index in [4.69, 9.17) is 0 Å². The molecule has 19 heavy (non-hydrogen) atoms. The molecule has 0 saturated carbocycles. The molecule has 1 aromatic heterocycles. The quantitative estimate of drug-likeness (QED) is 0.465. The number of pyridine rings is 1. The van der Waals surface area contributed by atoms with Gasteiger partial charge < -0.3 is 0 Å². The van der Waals surface area contributed by atoms with Crippen molar-refractivity contribution < 1.29 is 0 Å². The Morgan fingerprint density at radius 3 is 2.37 bits per heavy atom. The Hall–Kier alpha value is -2.35. The number of hydrogen-bond donors (Lipinski definition) is 0. The predicted octanol–water partition coefficient (Wildman–Crippen LogP) is 2.38. The van der Waals surface area contributed by atoms with Gasteiger partial charge in [-0.1, -0.05) is 59.5 Å². The van der Waals surface area contributed by atoms with Gasteiger partial charge in [0.1, 0.15) is 0 Å². The van der Waals surface area contributed by atoms with Gasteiger partial charge in [0.15, 0.2) is 7.28 Å². The lowest BCUT2D eigenvalue weighted by Crippen LogP contribution is -2.20. The number of nitrogens with zero attached hydrogens (tertiary/aromatic N) is 1. The van der Waals surface area contributed by atoms with Crippen LogP contribution in [0.15, 0.2) is 66.9 Å². The van der Waals surface area contributed by atoms with Gasteiger partial charge in [-0.2, -0.15) is 0 Å². The summed E-state index contributed by atoms with van der Waals surface area (Å²) in [6.07, 6.45) is 1.85. The fraction of sp³-hybridized carbons (Fsp3) is 0. The van der Waals surface area contributed by atoms with Crippen LogP contribution in [0.2, 0.25) is 0 Å². The normalized spacial score (nSPS) is 11.6. The highest BCUT2D eigenvalue weighted by Crippen LogP contribution is 2.30. The molecule has 2 heteroatoms. The minimum absolute atomic E-state index is 1.03. The van der Waals surface area contributed by atoms with E-state index in [2.05, 4.69) is 60.8 Å². The Balaban J connectivity index is 2.01. The van der Waals surface area contributed by atoms with E-state index in [1.54, 1.807) is 0 Å². The molecule has 0 N–H and O–H groups in total. The van der Waals surface area contributed by atoms with Crippen LogP contribution in [-0.4, -0.2) is 12.3 Å². The van der Waals surface area contributed by atoms with Crippen LogP contribution in [0, 0.1) is 0 Å². The topological polar surface area (TPSA) is 12.9 Å². The summed E-state index contributed by atoms with van der Waals surface area (Å²) in [4.78, 5) is 4.49. The van der Waals surface area contributed by atoms with Crippen molar-refractivity contribution in [3.63, 3.8) is 0 Å². The van der Waals surface area contributed by atoms with Crippen molar-refractivity contribution in [3.8, 4) is 22.4 Å². The molecule has 3 aromatic rings. The zero-order valence-electron chi connectivity index (χ0n) is 10.4. The first-order valence-corrected chi connectivity index (χ1v) is 6.42. The van der Waals surface area contributed by atoms with Crippen molar-refractivity contribution in [2.24, 2.45) is 0 Å². The molecule has 4 rings (SSSR count). The molecule has 2 aromatic carbocycles. The van der Waals surface area contributed by atoms with Crippen molar-refractivity contribution in [2.75, 3.05) is 0 Å². The van der Waals surface area contributed by atoms with E-state index in [0.29, 0.717) is 0 Å². The minimum Gasteiger partial charge on any atom is -0.256 e. The zero-order chi connectivity index (χ0) is 12.7. The van der Waals surface area contributed by atoms with Gasteiger partial charge in [-0.05, 0) is 23.3 Å². The van der Waals surface area contributed by atoms with E-state index in [1.807, 2.05) is 18.3 Å². The van der Waals surface area contributed by atoms with E-state index in [0.717, 1.165) is 5.69 Å². The van der Waals surface area contributed by atoms with Crippen LogP contribution in [0.5, 0.6) is 0 Å². The third-order valence-corrected chi connectivity index (χ3v) is 3.58. The number of fused-ring (bicyclic) bond motifs is 3. The Kier molecular flexibility index (Phi) is 2.28. The molecule has 0 atom stereocenters. The zero-order valence-corrected chi connectivity index (χ0v) is 10.4. The summed E-state index contributed by atoms with van der Waals surface area (Å²) in [5.41, 5.74) is 7.42. The lowest BCUT2D eigenvalue weighted by molar-refractivity contribution is 1.33. The Labute approximate surface area is 113 Å². The van der Waals surface area contributed by atoms with Crippen molar-refractivity contribution in [1.82, 2.24) is 4.98 Å². The molecular weight excluding hydrogens is 229 g/mol. The molecule has 2 heterocycles. The molecule has 0 amide bonds. The number of aromatic nitrogens is 1. The van der Waals surface area contributed by atoms with Gasteiger partial charge in [-0.15, -0.1) is 0 Å². The molecule has 87 valence electrons. The Morgan fingerprint density at radius 1 is 0.684 bits per heavy atom. The van der Waals surface area contributed by atoms with Gasteiger partial charge in [0.2, 0.25) is 0 Å². The summed E-state index contributed by atoms with van der Waals surface area (Å²) < 4.78 is 0. The van der Waals surface area contributed by atoms with Crippen LogP contribution in [0.4, 0.5) is 0 Å². The summed E-state index contributed by atoms with van der Waals surface area (Å²) in [6.45, 7) is 0. The van der Waals surface area contributed by atoms with Gasteiger partial charge in [0, 0.05) is 11.8 Å². The monoisotopic (exact) mass is 240 g/mol. The number of rotatable bonds is 1. The van der Waals surface area contributed by atoms with Crippen LogP contribution in [0.25, 0.3) is 22.4 Å². The van der Waals surface area contributed by atoms with Gasteiger partial charge in [-0.3, -0.25) is 4.98 Å². The van der Waals surface area contributed by atoms with Crippen molar-refractivity contribution in [1.29, 1.82) is 0 Å². The van der Waals surface area contributed by atoms with Crippen molar-refractivity contribution >= 4 is 18.2 Å². The highest BCUT2D eigenvalue weighted by molar-refractivity contribution is 6.73. The van der Waals surface area contributed by atoms with Crippen molar-refractivity contribution in [2.45, 2.75) is 0 Å². The van der Waals surface area contributed by atoms with E-state index in [-0.39, 0.29) is 0 Å². The fourth-order valence-corrected chi connectivity index (χ4v) is 2.74. The van der Waals surface area contributed by atoms with Gasteiger partial charge in [-0.25, -0.2) is 0 Å². The maximum atomic E-state index is 4.49. The summed E-state index contributed by atoms with van der Waals surface area (Å²) in [6, 6.07) is 21.0. The van der Waals surface area contributed by atoms with Crippen LogP contribution < -0.4 is 10.9 Å². The number of benzene rings is 2. The molecule has 1 aliphatic rings. The van der Waals surface area contributed by atoms with Gasteiger partial charge >= 0.3 is 0 Å². The molecule has 1 radical (unpaired) electrons. The first-order chi connectivity index (χ1) is 9.43. The SMILES string of the molecule is [B]1c2ccccc2-c2c1cccc2-c1ccccn1. The van der Waals surface area contributed by atoms with Crippen LogP contribution in [-0.2, 0) is 0 Å². The smallest absolute Gasteiger partial charge is 0.193 e. The highest BCUT2D eigenvalue weighted by atomic mass is 14.7. The summed E-state index contributed by atoms with van der Waals surface area (Å²) in [5.74, 6) is 0. The molecule has 0 fully saturated rings. The Bertz CT molecular complexity index is 750. The largest absolute Gasteiger partial charge is 0.256 e. The molecular formula is C17H11BN. The molecule has 1 aliphatic heterocycles. The maximum absolute atomic E-state index is 4.49. The van der Waals surface area contributed by atoms with E-state index < -0.39 is 0 Å². The van der Waals surface area contributed by atoms with Gasteiger partial charge in [0.05, 0.1) is 5.69 Å². The van der Waals surface area contributed by atoms with Crippen LogP contribution >= 0.6 is 0 Å². The van der Waals surface area contributed by atoms with Crippen LogP contribution in [0.1, 0.15) is 0 Å². The molecule has 0 bridgehead atoms. The number of hydrogen-bond acceptors (Lipinski definition) is 1. The fourth-order valence-electron chi connectivity index (χ4n) is 2.74. The third kappa shape index (κ3) is 1.60. The molecule has 0 unspecified atom stereocenters. The van der Waals surface area contributed by atoms with E-state index in [1.165, 1.54) is 27.6 Å². The lowest BCUT2D eigenvalue weighted by Gasteiger charge is -2.09. The van der Waals surface area contributed by atoms with E-state index in [9.17, 15) is 0 Å². The molecule has 0 aliphatic carbocycles.